The van der Waals surface area contributed by atoms with Crippen LogP contribution in [0.4, 0.5) is 0 Å². The Morgan fingerprint density at radius 3 is 2.55 bits per heavy atom. The van der Waals surface area contributed by atoms with Crippen LogP contribution < -0.4 is 10.1 Å². The van der Waals surface area contributed by atoms with Crippen LogP contribution in [0.1, 0.15) is 6.92 Å². The zero-order valence-electron chi connectivity index (χ0n) is 11.8. The van der Waals surface area contributed by atoms with Gasteiger partial charge < -0.3 is 20.3 Å². The summed E-state index contributed by atoms with van der Waals surface area (Å²) < 4.78 is 5.46. The number of aliphatic hydroxyl groups excluding tert-OH is 2. The summed E-state index contributed by atoms with van der Waals surface area (Å²) in [5, 5.41) is 23.0. The molecule has 0 amide bonds. The van der Waals surface area contributed by atoms with Crippen molar-refractivity contribution in [3.8, 4) is 5.75 Å². The third kappa shape index (κ3) is 6.33. The zero-order chi connectivity index (χ0) is 15.0. The molecule has 20 heavy (non-hydrogen) atoms. The highest BCUT2D eigenvalue weighted by Gasteiger charge is 2.16. The molecule has 0 aromatic heterocycles. The minimum atomic E-state index is -0.602. The first-order valence-corrected chi connectivity index (χ1v) is 8.17. The van der Waals surface area contributed by atoms with Gasteiger partial charge in [0.05, 0.1) is 6.61 Å². The van der Waals surface area contributed by atoms with Gasteiger partial charge in [-0.25, -0.2) is 0 Å². The van der Waals surface area contributed by atoms with E-state index in [1.807, 2.05) is 13.2 Å². The number of hydrogen-bond donors (Lipinski definition) is 3. The van der Waals surface area contributed by atoms with Crippen molar-refractivity contribution in [3.63, 3.8) is 0 Å². The highest BCUT2D eigenvalue weighted by atomic mass is 35.5. The fourth-order valence-corrected chi connectivity index (χ4v) is 2.45. The Labute approximate surface area is 129 Å². The number of aliphatic hydroxyl groups is 2. The molecule has 0 aliphatic heterocycles. The van der Waals surface area contributed by atoms with Crippen molar-refractivity contribution in [2.45, 2.75) is 24.3 Å². The smallest absolute Gasteiger partial charge is 0.119 e. The molecule has 3 atom stereocenters. The van der Waals surface area contributed by atoms with Crippen LogP contribution in [0.15, 0.2) is 24.3 Å². The van der Waals surface area contributed by atoms with Crippen molar-refractivity contribution >= 4 is 23.4 Å². The Morgan fingerprint density at radius 2 is 2.00 bits per heavy atom. The molecule has 0 aliphatic rings. The number of nitrogens with one attached hydrogen (secondary N) is 1. The summed E-state index contributed by atoms with van der Waals surface area (Å²) in [6.45, 7) is 2.74. The minimum absolute atomic E-state index is 0.118. The largest absolute Gasteiger partial charge is 0.491 e. The van der Waals surface area contributed by atoms with Gasteiger partial charge in [-0.2, -0.15) is 11.8 Å². The lowest BCUT2D eigenvalue weighted by Gasteiger charge is -2.23. The van der Waals surface area contributed by atoms with Crippen LogP contribution in [0, 0.1) is 0 Å². The molecule has 6 heteroatoms. The second kappa shape index (κ2) is 9.47. The second-order valence-corrected chi connectivity index (χ2v) is 6.09. The number of rotatable bonds is 9. The van der Waals surface area contributed by atoms with Gasteiger partial charge >= 0.3 is 0 Å². The molecule has 1 rings (SSSR count). The predicted octanol–water partition coefficient (Wildman–Crippen LogP) is 1.78. The lowest BCUT2D eigenvalue weighted by atomic mass is 10.2. The molecule has 0 bridgehead atoms. The summed E-state index contributed by atoms with van der Waals surface area (Å²) in [5.41, 5.74) is 0. The maximum absolute atomic E-state index is 9.86. The third-order valence-electron chi connectivity index (χ3n) is 2.97. The summed E-state index contributed by atoms with van der Waals surface area (Å²) in [6, 6.07) is 7.14. The van der Waals surface area contributed by atoms with Gasteiger partial charge in [0, 0.05) is 22.9 Å². The molecule has 0 saturated carbocycles. The van der Waals surface area contributed by atoms with Crippen molar-refractivity contribution < 1.29 is 14.9 Å². The second-order valence-electron chi connectivity index (χ2n) is 4.57. The van der Waals surface area contributed by atoms with E-state index in [4.69, 9.17) is 16.3 Å². The van der Waals surface area contributed by atoms with E-state index in [0.29, 0.717) is 17.3 Å². The van der Waals surface area contributed by atoms with E-state index in [2.05, 4.69) is 5.32 Å². The van der Waals surface area contributed by atoms with E-state index in [-0.39, 0.29) is 24.5 Å². The quantitative estimate of drug-likeness (QED) is 0.647. The third-order valence-corrected chi connectivity index (χ3v) is 4.39. The van der Waals surface area contributed by atoms with Gasteiger partial charge in [-0.3, -0.25) is 0 Å². The van der Waals surface area contributed by atoms with E-state index >= 15 is 0 Å². The Hall–Kier alpha value is -0.460. The summed E-state index contributed by atoms with van der Waals surface area (Å²) in [6.07, 6.45) is 1.36. The maximum atomic E-state index is 9.86. The molecular weight excluding hydrogens is 298 g/mol. The van der Waals surface area contributed by atoms with Gasteiger partial charge in [-0.15, -0.1) is 0 Å². The van der Waals surface area contributed by atoms with E-state index in [0.717, 1.165) is 0 Å². The van der Waals surface area contributed by atoms with Gasteiger partial charge in [-0.1, -0.05) is 11.6 Å². The molecule has 0 heterocycles. The number of hydrogen-bond acceptors (Lipinski definition) is 5. The molecule has 0 saturated heterocycles. The Balaban J connectivity index is 2.26. The van der Waals surface area contributed by atoms with Crippen LogP contribution in [0.5, 0.6) is 5.75 Å². The van der Waals surface area contributed by atoms with Crippen LogP contribution in [-0.4, -0.2) is 53.6 Å². The Kier molecular flexibility index (Phi) is 8.33. The van der Waals surface area contributed by atoms with Crippen LogP contribution >= 0.6 is 23.4 Å². The first-order valence-electron chi connectivity index (χ1n) is 6.50. The van der Waals surface area contributed by atoms with E-state index in [9.17, 15) is 10.2 Å². The van der Waals surface area contributed by atoms with Crippen molar-refractivity contribution in [2.75, 3.05) is 26.0 Å². The molecule has 1 aromatic carbocycles. The molecule has 0 spiro atoms. The maximum Gasteiger partial charge on any atom is 0.119 e. The fourth-order valence-electron chi connectivity index (χ4n) is 1.67. The Bertz CT molecular complexity index is 373. The molecule has 114 valence electrons. The molecule has 3 unspecified atom stereocenters. The molecule has 0 fully saturated rings. The zero-order valence-corrected chi connectivity index (χ0v) is 13.3. The standard InChI is InChI=1S/C14H22ClNO3S/c1-10(14(8-17)20-2)16-7-12(18)9-19-13-5-3-11(15)4-6-13/h3-6,10,12,14,16-18H,7-9H2,1-2H3. The first-order chi connectivity index (χ1) is 9.56. The van der Waals surface area contributed by atoms with Crippen molar-refractivity contribution in [1.29, 1.82) is 0 Å². The number of benzene rings is 1. The predicted molar refractivity (Wildman–Crippen MR) is 84.8 cm³/mol. The SMILES string of the molecule is CSC(CO)C(C)NCC(O)COc1ccc(Cl)cc1. The molecule has 0 radical (unpaired) electrons. The summed E-state index contributed by atoms with van der Waals surface area (Å²) >= 11 is 7.38. The monoisotopic (exact) mass is 319 g/mol. The van der Waals surface area contributed by atoms with E-state index in [1.54, 1.807) is 36.0 Å². The highest BCUT2D eigenvalue weighted by molar-refractivity contribution is 7.99. The lowest BCUT2D eigenvalue weighted by Crippen LogP contribution is -2.42. The number of ether oxygens (including phenoxy) is 1. The Morgan fingerprint density at radius 1 is 1.35 bits per heavy atom. The van der Waals surface area contributed by atoms with Crippen molar-refractivity contribution in [2.24, 2.45) is 0 Å². The van der Waals surface area contributed by atoms with Crippen molar-refractivity contribution in [1.82, 2.24) is 5.32 Å². The van der Waals surface area contributed by atoms with Crippen LogP contribution in [-0.2, 0) is 0 Å². The molecule has 3 N–H and O–H groups in total. The van der Waals surface area contributed by atoms with E-state index < -0.39 is 6.10 Å². The molecule has 0 aliphatic carbocycles. The molecule has 1 aromatic rings. The number of thioether (sulfide) groups is 1. The van der Waals surface area contributed by atoms with Crippen LogP contribution in [0.2, 0.25) is 5.02 Å². The normalized spacial score (nSPS) is 15.7. The topological polar surface area (TPSA) is 61.7 Å². The number of halogens is 1. The average Bonchev–Trinajstić information content (AvgIpc) is 2.45. The van der Waals surface area contributed by atoms with Gasteiger partial charge in [0.1, 0.15) is 18.5 Å². The highest BCUT2D eigenvalue weighted by Crippen LogP contribution is 2.15. The molecule has 4 nitrogen and oxygen atoms in total. The molecular formula is C14H22ClNO3S. The summed E-state index contributed by atoms with van der Waals surface area (Å²) in [4.78, 5) is 0. The summed E-state index contributed by atoms with van der Waals surface area (Å²) in [7, 11) is 0. The van der Waals surface area contributed by atoms with Crippen molar-refractivity contribution in [3.05, 3.63) is 29.3 Å². The van der Waals surface area contributed by atoms with Gasteiger partial charge in [0.15, 0.2) is 0 Å². The van der Waals surface area contributed by atoms with Gasteiger partial charge in [0.2, 0.25) is 0 Å². The minimum Gasteiger partial charge on any atom is -0.491 e. The average molecular weight is 320 g/mol. The lowest BCUT2D eigenvalue weighted by molar-refractivity contribution is 0.103. The van der Waals surface area contributed by atoms with Gasteiger partial charge in [0.25, 0.3) is 0 Å². The van der Waals surface area contributed by atoms with Crippen LogP contribution in [0.25, 0.3) is 0 Å². The van der Waals surface area contributed by atoms with E-state index in [1.165, 1.54) is 0 Å². The summed E-state index contributed by atoms with van der Waals surface area (Å²) in [5.74, 6) is 0.679. The first kappa shape index (κ1) is 17.6. The fraction of sp³-hybridized carbons (Fsp3) is 0.571. The van der Waals surface area contributed by atoms with Gasteiger partial charge in [-0.05, 0) is 37.4 Å². The van der Waals surface area contributed by atoms with Crippen LogP contribution in [0.3, 0.4) is 0 Å².